The van der Waals surface area contributed by atoms with Crippen LogP contribution in [0.25, 0.3) is 5.69 Å². The maximum absolute atomic E-state index is 8.99. The zero-order valence-corrected chi connectivity index (χ0v) is 11.4. The second-order valence-corrected chi connectivity index (χ2v) is 5.60. The van der Waals surface area contributed by atoms with Crippen molar-refractivity contribution in [3.63, 3.8) is 0 Å². The van der Waals surface area contributed by atoms with Gasteiger partial charge in [-0.15, -0.1) is 0 Å². The molecule has 0 N–H and O–H groups in total. The molecule has 18 heavy (non-hydrogen) atoms. The van der Waals surface area contributed by atoms with Crippen molar-refractivity contribution in [2.45, 2.75) is 26.2 Å². The van der Waals surface area contributed by atoms with E-state index in [1.165, 1.54) is 0 Å². The highest BCUT2D eigenvalue weighted by molar-refractivity contribution is 6.30. The smallest absolute Gasteiger partial charge is 0.163 e. The van der Waals surface area contributed by atoms with Crippen LogP contribution in [0, 0.1) is 11.3 Å². The van der Waals surface area contributed by atoms with Crippen LogP contribution in [0.15, 0.2) is 30.3 Å². The summed E-state index contributed by atoms with van der Waals surface area (Å²) in [6, 6.07) is 11.3. The number of hydrogen-bond acceptors (Lipinski definition) is 2. The van der Waals surface area contributed by atoms with Crippen molar-refractivity contribution in [2.75, 3.05) is 0 Å². The summed E-state index contributed by atoms with van der Waals surface area (Å²) >= 11 is 5.88. The summed E-state index contributed by atoms with van der Waals surface area (Å²) < 4.78 is 1.80. The van der Waals surface area contributed by atoms with Gasteiger partial charge >= 0.3 is 0 Å². The third-order valence-corrected chi connectivity index (χ3v) is 2.92. The van der Waals surface area contributed by atoms with Gasteiger partial charge in [-0.3, -0.25) is 0 Å². The number of aromatic nitrogens is 2. The molecular formula is C14H14ClN3. The molecule has 0 aliphatic rings. The van der Waals surface area contributed by atoms with E-state index in [4.69, 9.17) is 16.9 Å². The highest BCUT2D eigenvalue weighted by Gasteiger charge is 2.21. The maximum atomic E-state index is 8.99. The standard InChI is InChI=1S/C14H14ClN3/c1-14(2,3)13-8-11(9-16)17-18(13)12-6-4-10(15)5-7-12/h4-8H,1-3H3. The van der Waals surface area contributed by atoms with Crippen molar-refractivity contribution >= 4 is 11.6 Å². The van der Waals surface area contributed by atoms with E-state index in [2.05, 4.69) is 31.9 Å². The molecule has 0 saturated heterocycles. The van der Waals surface area contributed by atoms with E-state index in [1.54, 1.807) is 4.68 Å². The fourth-order valence-electron chi connectivity index (χ4n) is 1.75. The van der Waals surface area contributed by atoms with Gasteiger partial charge in [-0.25, -0.2) is 4.68 Å². The van der Waals surface area contributed by atoms with E-state index >= 15 is 0 Å². The van der Waals surface area contributed by atoms with Gasteiger partial charge in [-0.1, -0.05) is 32.4 Å². The molecule has 92 valence electrons. The minimum atomic E-state index is -0.0816. The van der Waals surface area contributed by atoms with Crippen LogP contribution in [0.5, 0.6) is 0 Å². The van der Waals surface area contributed by atoms with Gasteiger partial charge in [0.1, 0.15) is 6.07 Å². The fraction of sp³-hybridized carbons (Fsp3) is 0.286. The van der Waals surface area contributed by atoms with Crippen LogP contribution in [-0.4, -0.2) is 9.78 Å². The Bertz CT molecular complexity index is 597. The van der Waals surface area contributed by atoms with Crippen LogP contribution in [0.1, 0.15) is 32.2 Å². The second-order valence-electron chi connectivity index (χ2n) is 5.16. The van der Waals surface area contributed by atoms with Crippen molar-refractivity contribution in [3.8, 4) is 11.8 Å². The Kier molecular flexibility index (Phi) is 3.14. The monoisotopic (exact) mass is 259 g/mol. The summed E-state index contributed by atoms with van der Waals surface area (Å²) in [6.45, 7) is 6.28. The van der Waals surface area contributed by atoms with Crippen molar-refractivity contribution in [3.05, 3.63) is 46.7 Å². The van der Waals surface area contributed by atoms with E-state index in [9.17, 15) is 0 Å². The lowest BCUT2D eigenvalue weighted by molar-refractivity contribution is 0.544. The predicted molar refractivity (Wildman–Crippen MR) is 72.0 cm³/mol. The number of benzene rings is 1. The Balaban J connectivity index is 2.60. The lowest BCUT2D eigenvalue weighted by atomic mass is 9.92. The lowest BCUT2D eigenvalue weighted by Gasteiger charge is -2.20. The molecule has 0 radical (unpaired) electrons. The van der Waals surface area contributed by atoms with Gasteiger partial charge in [0.15, 0.2) is 5.69 Å². The van der Waals surface area contributed by atoms with Gasteiger partial charge in [0, 0.05) is 10.4 Å². The molecule has 0 bridgehead atoms. The first-order valence-electron chi connectivity index (χ1n) is 5.68. The van der Waals surface area contributed by atoms with E-state index < -0.39 is 0 Å². The average molecular weight is 260 g/mol. The molecule has 0 aliphatic heterocycles. The molecular weight excluding hydrogens is 246 g/mol. The lowest BCUT2D eigenvalue weighted by Crippen LogP contribution is -2.17. The van der Waals surface area contributed by atoms with Gasteiger partial charge < -0.3 is 0 Å². The van der Waals surface area contributed by atoms with Crippen molar-refractivity contribution in [2.24, 2.45) is 0 Å². The first-order chi connectivity index (χ1) is 8.41. The first-order valence-corrected chi connectivity index (χ1v) is 6.06. The van der Waals surface area contributed by atoms with Crippen LogP contribution in [-0.2, 0) is 5.41 Å². The number of nitrogens with zero attached hydrogens (tertiary/aromatic N) is 3. The normalized spacial score (nSPS) is 11.3. The highest BCUT2D eigenvalue weighted by atomic mass is 35.5. The first kappa shape index (κ1) is 12.7. The van der Waals surface area contributed by atoms with Crippen LogP contribution in [0.2, 0.25) is 5.02 Å². The van der Waals surface area contributed by atoms with Gasteiger partial charge in [0.2, 0.25) is 0 Å². The summed E-state index contributed by atoms with van der Waals surface area (Å²) in [5.74, 6) is 0. The minimum Gasteiger partial charge on any atom is -0.236 e. The molecule has 1 aromatic heterocycles. The maximum Gasteiger partial charge on any atom is 0.163 e. The second kappa shape index (κ2) is 4.47. The topological polar surface area (TPSA) is 41.6 Å². The zero-order chi connectivity index (χ0) is 13.3. The molecule has 4 heteroatoms. The summed E-state index contributed by atoms with van der Waals surface area (Å²) in [4.78, 5) is 0. The van der Waals surface area contributed by atoms with Gasteiger partial charge in [0.25, 0.3) is 0 Å². The van der Waals surface area contributed by atoms with Gasteiger partial charge in [-0.05, 0) is 30.3 Å². The summed E-state index contributed by atoms with van der Waals surface area (Å²) in [5, 5.41) is 14.0. The Morgan fingerprint density at radius 1 is 1.22 bits per heavy atom. The van der Waals surface area contributed by atoms with Crippen molar-refractivity contribution in [1.82, 2.24) is 9.78 Å². The Morgan fingerprint density at radius 2 is 1.83 bits per heavy atom. The minimum absolute atomic E-state index is 0.0816. The predicted octanol–water partition coefficient (Wildman–Crippen LogP) is 3.69. The molecule has 1 heterocycles. The summed E-state index contributed by atoms with van der Waals surface area (Å²) in [5.41, 5.74) is 2.25. The largest absolute Gasteiger partial charge is 0.236 e. The molecule has 3 nitrogen and oxygen atoms in total. The highest BCUT2D eigenvalue weighted by Crippen LogP contribution is 2.26. The number of rotatable bonds is 1. The SMILES string of the molecule is CC(C)(C)c1cc(C#N)nn1-c1ccc(Cl)cc1. The molecule has 1 aromatic carbocycles. The van der Waals surface area contributed by atoms with Gasteiger partial charge in [0.05, 0.1) is 11.4 Å². The van der Waals surface area contributed by atoms with Crippen LogP contribution >= 0.6 is 11.6 Å². The molecule has 0 unspecified atom stereocenters. The number of hydrogen-bond donors (Lipinski definition) is 0. The molecule has 0 aliphatic carbocycles. The van der Waals surface area contributed by atoms with E-state index in [-0.39, 0.29) is 5.41 Å². The van der Waals surface area contributed by atoms with Crippen molar-refractivity contribution in [1.29, 1.82) is 5.26 Å². The molecule has 0 atom stereocenters. The molecule has 0 spiro atoms. The van der Waals surface area contributed by atoms with E-state index in [0.29, 0.717) is 10.7 Å². The molecule has 0 fully saturated rings. The number of nitriles is 1. The Labute approximate surface area is 112 Å². The third kappa shape index (κ3) is 2.39. The van der Waals surface area contributed by atoms with Crippen LogP contribution in [0.3, 0.4) is 0 Å². The Morgan fingerprint density at radius 3 is 2.33 bits per heavy atom. The molecule has 2 aromatic rings. The summed E-state index contributed by atoms with van der Waals surface area (Å²) in [7, 11) is 0. The molecule has 0 amide bonds. The average Bonchev–Trinajstić information content (AvgIpc) is 2.74. The molecule has 0 saturated carbocycles. The van der Waals surface area contributed by atoms with Gasteiger partial charge in [-0.2, -0.15) is 10.4 Å². The fourth-order valence-corrected chi connectivity index (χ4v) is 1.88. The third-order valence-electron chi connectivity index (χ3n) is 2.66. The zero-order valence-electron chi connectivity index (χ0n) is 10.6. The summed E-state index contributed by atoms with van der Waals surface area (Å²) in [6.07, 6.45) is 0. The van der Waals surface area contributed by atoms with Crippen LogP contribution < -0.4 is 0 Å². The van der Waals surface area contributed by atoms with Crippen molar-refractivity contribution < 1.29 is 0 Å². The number of halogens is 1. The quantitative estimate of drug-likeness (QED) is 0.784. The Hall–Kier alpha value is -1.79. The molecule has 2 rings (SSSR count). The van der Waals surface area contributed by atoms with E-state index in [1.807, 2.05) is 30.3 Å². The van der Waals surface area contributed by atoms with E-state index in [0.717, 1.165) is 11.4 Å². The van der Waals surface area contributed by atoms with Crippen LogP contribution in [0.4, 0.5) is 0 Å².